The molecule has 2 heterocycles. The van der Waals surface area contributed by atoms with Crippen LogP contribution < -0.4 is 5.32 Å². The maximum atomic E-state index is 14.1. The van der Waals surface area contributed by atoms with E-state index in [0.29, 0.717) is 12.1 Å². The fourth-order valence-corrected chi connectivity index (χ4v) is 5.26. The van der Waals surface area contributed by atoms with Crippen LogP contribution in [0, 0.1) is 17.2 Å². The highest BCUT2D eigenvalue weighted by atomic mass is 16.6. The van der Waals surface area contributed by atoms with Gasteiger partial charge in [0, 0.05) is 25.2 Å². The maximum Gasteiger partial charge on any atom is 0.411 e. The third-order valence-corrected chi connectivity index (χ3v) is 7.04. The molecule has 1 unspecified atom stereocenters. The molecule has 1 N–H and O–H groups in total. The Morgan fingerprint density at radius 2 is 1.95 bits per heavy atom. The molecule has 1 spiro atoms. The summed E-state index contributed by atoms with van der Waals surface area (Å²) >= 11 is 0. The molecule has 192 valence electrons. The lowest BCUT2D eigenvalue weighted by atomic mass is 9.80. The van der Waals surface area contributed by atoms with Gasteiger partial charge in [-0.05, 0) is 29.5 Å². The van der Waals surface area contributed by atoms with E-state index in [1.165, 1.54) is 9.80 Å². The van der Waals surface area contributed by atoms with Crippen LogP contribution in [-0.4, -0.2) is 52.9 Å². The zero-order valence-electron chi connectivity index (χ0n) is 21.2. The number of rotatable bonds is 8. The number of nitrogens with one attached hydrogen (secondary N) is 1. The average molecular weight is 501 g/mol. The summed E-state index contributed by atoms with van der Waals surface area (Å²) in [5.74, 6) is -0.501. The van der Waals surface area contributed by atoms with E-state index in [9.17, 15) is 19.6 Å². The molecule has 0 saturated carbocycles. The molecular weight excluding hydrogens is 468 g/mol. The van der Waals surface area contributed by atoms with E-state index in [-0.39, 0.29) is 43.8 Å². The van der Waals surface area contributed by atoms with Gasteiger partial charge in [0.15, 0.2) is 0 Å². The van der Waals surface area contributed by atoms with Gasteiger partial charge in [0.05, 0.1) is 11.5 Å². The summed E-state index contributed by atoms with van der Waals surface area (Å²) < 4.78 is 5.57. The molecule has 0 aromatic heterocycles. The number of nitrogens with zero attached hydrogens (tertiary/aromatic N) is 3. The minimum Gasteiger partial charge on any atom is -0.445 e. The molecule has 0 bridgehead atoms. The third kappa shape index (κ3) is 5.08. The first-order valence-corrected chi connectivity index (χ1v) is 12.5. The maximum absolute atomic E-state index is 14.1. The Morgan fingerprint density at radius 1 is 1.24 bits per heavy atom. The summed E-state index contributed by atoms with van der Waals surface area (Å²) in [7, 11) is 0. The topological polar surface area (TPSA) is 103 Å². The van der Waals surface area contributed by atoms with Crippen LogP contribution in [0.25, 0.3) is 0 Å². The highest BCUT2D eigenvalue weighted by molar-refractivity contribution is 6.07. The number of carbonyl (C=O) groups is 3. The predicted molar refractivity (Wildman–Crippen MR) is 139 cm³/mol. The summed E-state index contributed by atoms with van der Waals surface area (Å²) in [6.45, 7) is 7.95. The fourth-order valence-electron chi connectivity index (χ4n) is 5.26. The summed E-state index contributed by atoms with van der Waals surface area (Å²) in [5.41, 5.74) is 1.33. The Morgan fingerprint density at radius 3 is 2.62 bits per heavy atom. The molecule has 37 heavy (non-hydrogen) atoms. The molecule has 0 radical (unpaired) electrons. The summed E-state index contributed by atoms with van der Waals surface area (Å²) in [4.78, 5) is 43.3. The standard InChI is InChI=1S/C29H32N4O4/c1-4-14-32(28(36)37-18-21-10-6-5-7-11-21)25(15-20(2)3)26(34)33-19-29(16-22(33)17-30)23-12-8-9-13-24(23)31-27(29)35/h4-13,20,22,25H,1,14-16,18-19H2,2-3H3,(H,31,35)/t22-,25-,29?/m0/s1. The van der Waals surface area contributed by atoms with Crippen LogP contribution in [0.5, 0.6) is 0 Å². The fraction of sp³-hybridized carbons (Fsp3) is 0.379. The molecular formula is C29H32N4O4. The van der Waals surface area contributed by atoms with Gasteiger partial charge in [0.1, 0.15) is 18.7 Å². The normalized spacial score (nSPS) is 20.8. The summed E-state index contributed by atoms with van der Waals surface area (Å²) in [5, 5.41) is 12.9. The number of ether oxygens (including phenoxy) is 1. The first kappa shape index (κ1) is 26.0. The highest BCUT2D eigenvalue weighted by Crippen LogP contribution is 2.46. The minimum atomic E-state index is -0.994. The zero-order chi connectivity index (χ0) is 26.6. The zero-order valence-corrected chi connectivity index (χ0v) is 21.2. The van der Waals surface area contributed by atoms with Gasteiger partial charge >= 0.3 is 6.09 Å². The molecule has 8 heteroatoms. The molecule has 2 aromatic carbocycles. The van der Waals surface area contributed by atoms with E-state index in [2.05, 4.69) is 18.0 Å². The second kappa shape index (κ2) is 10.9. The summed E-state index contributed by atoms with van der Waals surface area (Å²) in [6, 6.07) is 17.2. The van der Waals surface area contributed by atoms with Crippen molar-refractivity contribution >= 4 is 23.6 Å². The van der Waals surface area contributed by atoms with Gasteiger partial charge in [-0.15, -0.1) is 6.58 Å². The first-order valence-electron chi connectivity index (χ1n) is 12.5. The van der Waals surface area contributed by atoms with Crippen LogP contribution in [0.15, 0.2) is 67.3 Å². The van der Waals surface area contributed by atoms with Crippen molar-refractivity contribution in [3.8, 4) is 6.07 Å². The van der Waals surface area contributed by atoms with E-state index in [1.807, 2.05) is 68.4 Å². The molecule has 4 rings (SSSR count). The largest absolute Gasteiger partial charge is 0.445 e. The SMILES string of the molecule is C=CCN(C(=O)OCc1ccccc1)[C@@H](CC(C)C)C(=O)N1CC2(C[C@H]1C#N)C(=O)Nc1ccccc12. The van der Waals surface area contributed by atoms with Gasteiger partial charge in [-0.3, -0.25) is 14.5 Å². The molecule has 2 aromatic rings. The lowest BCUT2D eigenvalue weighted by Crippen LogP contribution is -2.53. The smallest absolute Gasteiger partial charge is 0.411 e. The van der Waals surface area contributed by atoms with Crippen molar-refractivity contribution in [2.24, 2.45) is 5.92 Å². The van der Waals surface area contributed by atoms with Crippen LogP contribution in [0.2, 0.25) is 0 Å². The molecule has 1 fully saturated rings. The van der Waals surface area contributed by atoms with E-state index in [1.54, 1.807) is 6.08 Å². The first-order chi connectivity index (χ1) is 17.8. The van der Waals surface area contributed by atoms with Gasteiger partial charge in [-0.2, -0.15) is 5.26 Å². The van der Waals surface area contributed by atoms with Crippen molar-refractivity contribution in [2.75, 3.05) is 18.4 Å². The van der Waals surface area contributed by atoms with Crippen LogP contribution in [0.1, 0.15) is 37.8 Å². The van der Waals surface area contributed by atoms with Crippen LogP contribution >= 0.6 is 0 Å². The molecule has 8 nitrogen and oxygen atoms in total. The highest BCUT2D eigenvalue weighted by Gasteiger charge is 2.56. The van der Waals surface area contributed by atoms with Gasteiger partial charge in [0.2, 0.25) is 11.8 Å². The lowest BCUT2D eigenvalue weighted by Gasteiger charge is -2.34. The van der Waals surface area contributed by atoms with Gasteiger partial charge in [-0.25, -0.2) is 4.79 Å². The number of para-hydroxylation sites is 1. The number of anilines is 1. The Kier molecular flexibility index (Phi) is 7.63. The average Bonchev–Trinajstić information content (AvgIpc) is 3.42. The van der Waals surface area contributed by atoms with Crippen molar-refractivity contribution in [3.63, 3.8) is 0 Å². The van der Waals surface area contributed by atoms with Crippen molar-refractivity contribution in [3.05, 3.63) is 78.4 Å². The number of likely N-dealkylation sites (tertiary alicyclic amines) is 1. The number of carbonyl (C=O) groups excluding carboxylic acids is 3. The second-order valence-electron chi connectivity index (χ2n) is 10.0. The van der Waals surface area contributed by atoms with Crippen molar-refractivity contribution < 1.29 is 19.1 Å². The number of nitriles is 1. The van der Waals surface area contributed by atoms with E-state index >= 15 is 0 Å². The van der Waals surface area contributed by atoms with Crippen molar-refractivity contribution in [1.82, 2.24) is 9.80 Å². The van der Waals surface area contributed by atoms with Crippen LogP contribution in [0.4, 0.5) is 10.5 Å². The number of amides is 3. The Bertz CT molecular complexity index is 1220. The molecule has 3 atom stereocenters. The Balaban J connectivity index is 1.61. The molecule has 2 aliphatic heterocycles. The van der Waals surface area contributed by atoms with Gasteiger partial charge in [0.25, 0.3) is 0 Å². The Hall–Kier alpha value is -4.12. The lowest BCUT2D eigenvalue weighted by molar-refractivity contribution is -0.137. The number of benzene rings is 2. The number of fused-ring (bicyclic) bond motifs is 2. The molecule has 0 aliphatic carbocycles. The molecule has 1 saturated heterocycles. The van der Waals surface area contributed by atoms with E-state index in [0.717, 1.165) is 11.1 Å². The molecule has 3 amide bonds. The van der Waals surface area contributed by atoms with E-state index < -0.39 is 23.6 Å². The monoisotopic (exact) mass is 500 g/mol. The second-order valence-corrected chi connectivity index (χ2v) is 10.0. The minimum absolute atomic E-state index is 0.0699. The quantitative estimate of drug-likeness (QED) is 0.546. The van der Waals surface area contributed by atoms with Crippen molar-refractivity contribution in [1.29, 1.82) is 5.26 Å². The molecule has 2 aliphatic rings. The number of hydrogen-bond acceptors (Lipinski definition) is 5. The van der Waals surface area contributed by atoms with Crippen molar-refractivity contribution in [2.45, 2.75) is 50.8 Å². The van der Waals surface area contributed by atoms with Gasteiger partial charge in [-0.1, -0.05) is 68.5 Å². The van der Waals surface area contributed by atoms with Crippen LogP contribution in [0.3, 0.4) is 0 Å². The third-order valence-electron chi connectivity index (χ3n) is 7.04. The van der Waals surface area contributed by atoms with E-state index in [4.69, 9.17) is 4.74 Å². The van der Waals surface area contributed by atoms with Gasteiger partial charge < -0.3 is 15.0 Å². The Labute approximate surface area is 217 Å². The predicted octanol–water partition coefficient (Wildman–Crippen LogP) is 4.24. The number of hydrogen-bond donors (Lipinski definition) is 1. The summed E-state index contributed by atoms with van der Waals surface area (Å²) in [6.07, 6.45) is 1.50. The van der Waals surface area contributed by atoms with Crippen LogP contribution in [-0.2, 0) is 26.3 Å².